The van der Waals surface area contributed by atoms with Crippen LogP contribution in [0.15, 0.2) is 53.6 Å². The summed E-state index contributed by atoms with van der Waals surface area (Å²) in [5.74, 6) is 2.18. The van der Waals surface area contributed by atoms with Crippen LogP contribution in [-0.4, -0.2) is 21.0 Å². The Hall–Kier alpha value is -1.32. The first-order valence-electron chi connectivity index (χ1n) is 12.9. The smallest absolute Gasteiger partial charge is 0.192 e. The SMILES string of the molecule is CC1=CC2=CC[C@]3(C)[C@@H](O[Si](C)(C)C(C)(C)C)CC[C@H]3C2C[C@@H]1CCNc1ccccc1. The molecule has 4 rings (SSSR count). The van der Waals surface area contributed by atoms with Gasteiger partial charge < -0.3 is 9.74 Å². The van der Waals surface area contributed by atoms with Crippen molar-refractivity contribution in [3.05, 3.63) is 53.6 Å². The van der Waals surface area contributed by atoms with Crippen molar-refractivity contribution < 1.29 is 4.43 Å². The Balaban J connectivity index is 1.45. The highest BCUT2D eigenvalue weighted by molar-refractivity contribution is 6.74. The second kappa shape index (κ2) is 8.80. The average Bonchev–Trinajstić information content (AvgIpc) is 3.04. The van der Waals surface area contributed by atoms with E-state index in [9.17, 15) is 0 Å². The summed E-state index contributed by atoms with van der Waals surface area (Å²) in [5, 5.41) is 3.90. The number of rotatable bonds is 6. The van der Waals surface area contributed by atoms with Gasteiger partial charge in [0.25, 0.3) is 0 Å². The molecule has 0 radical (unpaired) electrons. The Morgan fingerprint density at radius 2 is 1.84 bits per heavy atom. The zero-order valence-electron chi connectivity index (χ0n) is 21.5. The molecule has 1 aromatic carbocycles. The van der Waals surface area contributed by atoms with E-state index >= 15 is 0 Å². The van der Waals surface area contributed by atoms with Gasteiger partial charge in [0.15, 0.2) is 8.32 Å². The van der Waals surface area contributed by atoms with Crippen molar-refractivity contribution in [3.63, 3.8) is 0 Å². The Morgan fingerprint density at radius 1 is 1.12 bits per heavy atom. The van der Waals surface area contributed by atoms with Crippen LogP contribution in [0.25, 0.3) is 0 Å². The summed E-state index contributed by atoms with van der Waals surface area (Å²) in [6.07, 6.45) is 11.8. The minimum Gasteiger partial charge on any atom is -0.413 e. The first kappa shape index (κ1) is 23.8. The van der Waals surface area contributed by atoms with Crippen LogP contribution in [0.1, 0.15) is 66.7 Å². The summed E-state index contributed by atoms with van der Waals surface area (Å²) in [7, 11) is -1.75. The lowest BCUT2D eigenvalue weighted by atomic mass is 9.59. The highest BCUT2D eigenvalue weighted by Crippen LogP contribution is 2.59. The van der Waals surface area contributed by atoms with Crippen molar-refractivity contribution in [2.45, 2.75) is 91.0 Å². The number of hydrogen-bond donors (Lipinski definition) is 1. The van der Waals surface area contributed by atoms with E-state index in [4.69, 9.17) is 4.43 Å². The van der Waals surface area contributed by atoms with Gasteiger partial charge in [-0.2, -0.15) is 0 Å². The monoisotopic (exact) mass is 451 g/mol. The van der Waals surface area contributed by atoms with Crippen LogP contribution < -0.4 is 5.32 Å². The molecule has 3 aliphatic rings. The molecule has 0 aromatic heterocycles. The summed E-state index contributed by atoms with van der Waals surface area (Å²) in [5.41, 5.74) is 4.75. The van der Waals surface area contributed by atoms with Gasteiger partial charge in [0.1, 0.15) is 0 Å². The molecule has 3 heteroatoms. The lowest BCUT2D eigenvalue weighted by molar-refractivity contribution is 0.0264. The summed E-state index contributed by atoms with van der Waals surface area (Å²) < 4.78 is 7.06. The van der Waals surface area contributed by atoms with E-state index < -0.39 is 8.32 Å². The molecule has 176 valence electrons. The van der Waals surface area contributed by atoms with Crippen molar-refractivity contribution >= 4 is 14.0 Å². The first-order valence-corrected chi connectivity index (χ1v) is 15.8. The molecule has 3 aliphatic carbocycles. The highest BCUT2D eigenvalue weighted by atomic mass is 28.4. The number of para-hydroxylation sites is 1. The molecule has 32 heavy (non-hydrogen) atoms. The summed E-state index contributed by atoms with van der Waals surface area (Å²) in [6, 6.07) is 10.6. The third-order valence-electron chi connectivity index (χ3n) is 9.43. The normalized spacial score (nSPS) is 32.6. The van der Waals surface area contributed by atoms with Crippen LogP contribution in [0, 0.1) is 23.2 Å². The Morgan fingerprint density at radius 3 is 2.53 bits per heavy atom. The van der Waals surface area contributed by atoms with E-state index in [0.717, 1.165) is 12.5 Å². The number of anilines is 1. The summed E-state index contributed by atoms with van der Waals surface area (Å²) in [4.78, 5) is 0. The Kier molecular flexibility index (Phi) is 6.55. The molecule has 1 unspecified atom stereocenters. The van der Waals surface area contributed by atoms with E-state index in [1.54, 1.807) is 11.1 Å². The van der Waals surface area contributed by atoms with E-state index in [-0.39, 0.29) is 5.04 Å². The molecule has 0 amide bonds. The molecular weight excluding hydrogens is 406 g/mol. The molecule has 1 fully saturated rings. The predicted octanol–water partition coefficient (Wildman–Crippen LogP) is 8.21. The molecule has 0 heterocycles. The van der Waals surface area contributed by atoms with Crippen LogP contribution in [-0.2, 0) is 4.43 Å². The van der Waals surface area contributed by atoms with Gasteiger partial charge in [0.05, 0.1) is 6.10 Å². The Labute approximate surface area is 198 Å². The fourth-order valence-electron chi connectivity index (χ4n) is 6.25. The van der Waals surface area contributed by atoms with Crippen LogP contribution in [0.5, 0.6) is 0 Å². The van der Waals surface area contributed by atoms with Gasteiger partial charge in [-0.3, -0.25) is 0 Å². The number of benzene rings is 1. The van der Waals surface area contributed by atoms with Crippen LogP contribution in [0.2, 0.25) is 18.1 Å². The second-order valence-electron chi connectivity index (χ2n) is 12.5. The molecule has 0 saturated heterocycles. The fourth-order valence-corrected chi connectivity index (χ4v) is 7.70. The van der Waals surface area contributed by atoms with E-state index in [1.165, 1.54) is 37.8 Å². The average molecular weight is 452 g/mol. The number of hydrogen-bond acceptors (Lipinski definition) is 2. The quantitative estimate of drug-likeness (QED) is 0.440. The molecule has 1 N–H and O–H groups in total. The maximum Gasteiger partial charge on any atom is 0.192 e. The molecule has 1 saturated carbocycles. The van der Waals surface area contributed by atoms with E-state index in [2.05, 4.69) is 95.5 Å². The maximum absolute atomic E-state index is 7.06. The molecule has 2 nitrogen and oxygen atoms in total. The van der Waals surface area contributed by atoms with Gasteiger partial charge in [-0.1, -0.05) is 63.6 Å². The molecule has 5 atom stereocenters. The zero-order valence-corrected chi connectivity index (χ0v) is 22.5. The van der Waals surface area contributed by atoms with E-state index in [0.29, 0.717) is 23.4 Å². The number of allylic oxidation sites excluding steroid dienone is 4. The predicted molar refractivity (Wildman–Crippen MR) is 141 cm³/mol. The topological polar surface area (TPSA) is 21.3 Å². The molecule has 1 aromatic rings. The first-order chi connectivity index (χ1) is 15.0. The van der Waals surface area contributed by atoms with Gasteiger partial charge in [-0.25, -0.2) is 0 Å². The third-order valence-corrected chi connectivity index (χ3v) is 13.9. The van der Waals surface area contributed by atoms with Crippen molar-refractivity contribution in [3.8, 4) is 0 Å². The number of nitrogens with one attached hydrogen (secondary N) is 1. The molecule has 0 aliphatic heterocycles. The zero-order chi connectivity index (χ0) is 23.1. The van der Waals surface area contributed by atoms with Gasteiger partial charge in [0.2, 0.25) is 0 Å². The minimum atomic E-state index is -1.75. The van der Waals surface area contributed by atoms with Gasteiger partial charge in [0, 0.05) is 12.2 Å². The molecule has 0 spiro atoms. The Bertz CT molecular complexity index is 865. The summed E-state index contributed by atoms with van der Waals surface area (Å²) in [6.45, 7) is 17.9. The van der Waals surface area contributed by atoms with Gasteiger partial charge in [-0.05, 0) is 98.0 Å². The van der Waals surface area contributed by atoms with Gasteiger partial charge >= 0.3 is 0 Å². The van der Waals surface area contributed by atoms with Crippen molar-refractivity contribution in [1.82, 2.24) is 0 Å². The molecular formula is C29H45NOSi. The maximum atomic E-state index is 7.06. The van der Waals surface area contributed by atoms with Crippen molar-refractivity contribution in [2.75, 3.05) is 11.9 Å². The largest absolute Gasteiger partial charge is 0.413 e. The second-order valence-corrected chi connectivity index (χ2v) is 17.2. The van der Waals surface area contributed by atoms with Crippen LogP contribution >= 0.6 is 0 Å². The molecule has 0 bridgehead atoms. The third kappa shape index (κ3) is 4.52. The van der Waals surface area contributed by atoms with Crippen LogP contribution in [0.3, 0.4) is 0 Å². The van der Waals surface area contributed by atoms with Crippen molar-refractivity contribution in [1.29, 1.82) is 0 Å². The van der Waals surface area contributed by atoms with Crippen molar-refractivity contribution in [2.24, 2.45) is 23.2 Å². The fraction of sp³-hybridized carbons (Fsp3) is 0.655. The lowest BCUT2D eigenvalue weighted by Gasteiger charge is -2.49. The lowest BCUT2D eigenvalue weighted by Crippen LogP contribution is -2.49. The number of fused-ring (bicyclic) bond motifs is 3. The summed E-state index contributed by atoms with van der Waals surface area (Å²) >= 11 is 0. The van der Waals surface area contributed by atoms with Crippen LogP contribution in [0.4, 0.5) is 5.69 Å². The van der Waals surface area contributed by atoms with Gasteiger partial charge in [-0.15, -0.1) is 0 Å². The standard InChI is InChI=1S/C29H45NOSi/c1-21-19-23-15-17-29(5)26(13-14-27(29)31-32(6,7)28(2,3)4)25(23)20-22(21)16-18-30-24-11-9-8-10-12-24/h8-12,15,19,22,25-27,30H,13-14,16-18,20H2,1-7H3/t22-,25?,26-,27-,29-/m0/s1. The minimum absolute atomic E-state index is 0.276. The highest BCUT2D eigenvalue weighted by Gasteiger charge is 2.55. The van der Waals surface area contributed by atoms with E-state index in [1.807, 2.05) is 0 Å².